The van der Waals surface area contributed by atoms with E-state index in [9.17, 15) is 9.59 Å². The first-order valence-electron chi connectivity index (χ1n) is 10.0. The second-order valence-corrected chi connectivity index (χ2v) is 7.35. The van der Waals surface area contributed by atoms with Gasteiger partial charge in [0.2, 0.25) is 0 Å². The summed E-state index contributed by atoms with van der Waals surface area (Å²) in [5.41, 5.74) is 5.66. The molecule has 1 N–H and O–H groups in total. The molecule has 1 aliphatic heterocycles. The van der Waals surface area contributed by atoms with Gasteiger partial charge in [-0.3, -0.25) is 14.5 Å². The number of rotatable bonds is 8. The molecule has 0 unspecified atom stereocenters. The summed E-state index contributed by atoms with van der Waals surface area (Å²) in [5.74, 6) is -0.551. The molecule has 0 saturated carbocycles. The SMILES string of the molecule is CCOCCCN1C(=O)C(Nc2ccc(C)cc2)=C(c2ccc(C)c(C)c2)C1=O. The zero-order chi connectivity index (χ0) is 21.0. The largest absolute Gasteiger partial charge is 0.382 e. The van der Waals surface area contributed by atoms with Gasteiger partial charge in [0.25, 0.3) is 11.8 Å². The van der Waals surface area contributed by atoms with Gasteiger partial charge in [-0.15, -0.1) is 0 Å². The van der Waals surface area contributed by atoms with Crippen molar-refractivity contribution in [2.75, 3.05) is 25.1 Å². The molecule has 2 amide bonds. The first-order chi connectivity index (χ1) is 13.9. The van der Waals surface area contributed by atoms with Gasteiger partial charge in [0.1, 0.15) is 5.70 Å². The molecule has 5 heteroatoms. The molecule has 152 valence electrons. The van der Waals surface area contributed by atoms with Crippen LogP contribution in [0.5, 0.6) is 0 Å². The number of nitrogens with one attached hydrogen (secondary N) is 1. The Labute approximate surface area is 172 Å². The quantitative estimate of drug-likeness (QED) is 0.539. The van der Waals surface area contributed by atoms with Crippen LogP contribution >= 0.6 is 0 Å². The molecule has 1 heterocycles. The Morgan fingerprint density at radius 2 is 1.66 bits per heavy atom. The standard InChI is InChI=1S/C24H28N2O3/c1-5-29-14-6-13-26-23(27)21(19-10-9-17(3)18(4)15-19)22(24(26)28)25-20-11-7-16(2)8-12-20/h7-12,15,25H,5-6,13-14H2,1-4H3. The van der Waals surface area contributed by atoms with E-state index in [-0.39, 0.29) is 11.8 Å². The number of anilines is 1. The van der Waals surface area contributed by atoms with Crippen LogP contribution in [-0.2, 0) is 14.3 Å². The number of carbonyl (C=O) groups is 2. The second-order valence-electron chi connectivity index (χ2n) is 7.35. The Morgan fingerprint density at radius 1 is 0.931 bits per heavy atom. The molecule has 5 nitrogen and oxygen atoms in total. The maximum absolute atomic E-state index is 13.2. The summed E-state index contributed by atoms with van der Waals surface area (Å²) in [5, 5.41) is 3.20. The zero-order valence-corrected chi connectivity index (χ0v) is 17.5. The van der Waals surface area contributed by atoms with Gasteiger partial charge in [-0.1, -0.05) is 35.9 Å². The molecule has 0 radical (unpaired) electrons. The van der Waals surface area contributed by atoms with Crippen molar-refractivity contribution in [3.05, 3.63) is 70.4 Å². The van der Waals surface area contributed by atoms with E-state index in [1.807, 2.05) is 70.2 Å². The van der Waals surface area contributed by atoms with E-state index >= 15 is 0 Å². The fourth-order valence-corrected chi connectivity index (χ4v) is 3.31. The minimum atomic E-state index is -0.291. The van der Waals surface area contributed by atoms with Crippen LogP contribution in [0, 0.1) is 20.8 Å². The lowest BCUT2D eigenvalue weighted by Gasteiger charge is -2.15. The number of amides is 2. The monoisotopic (exact) mass is 392 g/mol. The van der Waals surface area contributed by atoms with E-state index < -0.39 is 0 Å². The molecule has 0 atom stereocenters. The lowest BCUT2D eigenvalue weighted by atomic mass is 9.99. The third-order valence-corrected chi connectivity index (χ3v) is 5.16. The second kappa shape index (κ2) is 9.05. The maximum atomic E-state index is 13.2. The molecule has 3 rings (SSSR count). The molecule has 2 aromatic carbocycles. The van der Waals surface area contributed by atoms with Crippen molar-refractivity contribution < 1.29 is 14.3 Å². The highest BCUT2D eigenvalue weighted by Gasteiger charge is 2.38. The summed E-state index contributed by atoms with van der Waals surface area (Å²) in [7, 11) is 0. The van der Waals surface area contributed by atoms with Crippen LogP contribution in [0.4, 0.5) is 5.69 Å². The van der Waals surface area contributed by atoms with E-state index in [1.165, 1.54) is 4.90 Å². The minimum Gasteiger partial charge on any atom is -0.382 e. The van der Waals surface area contributed by atoms with Crippen LogP contribution in [0.15, 0.2) is 48.2 Å². The molecule has 0 aromatic heterocycles. The zero-order valence-electron chi connectivity index (χ0n) is 17.5. The summed E-state index contributed by atoms with van der Waals surface area (Å²) >= 11 is 0. The topological polar surface area (TPSA) is 58.6 Å². The van der Waals surface area contributed by atoms with Crippen LogP contribution in [0.3, 0.4) is 0 Å². The fraction of sp³-hybridized carbons (Fsp3) is 0.333. The van der Waals surface area contributed by atoms with Crippen molar-refractivity contribution in [1.82, 2.24) is 4.90 Å². The average molecular weight is 392 g/mol. The highest BCUT2D eigenvalue weighted by Crippen LogP contribution is 2.31. The summed E-state index contributed by atoms with van der Waals surface area (Å²) in [6.07, 6.45) is 0.614. The van der Waals surface area contributed by atoms with Crippen LogP contribution in [0.1, 0.15) is 35.6 Å². The highest BCUT2D eigenvalue weighted by atomic mass is 16.5. The van der Waals surface area contributed by atoms with E-state index in [0.29, 0.717) is 37.4 Å². The smallest absolute Gasteiger partial charge is 0.278 e. The number of imide groups is 1. The van der Waals surface area contributed by atoms with E-state index in [1.54, 1.807) is 0 Å². The lowest BCUT2D eigenvalue weighted by Crippen LogP contribution is -2.34. The van der Waals surface area contributed by atoms with Crippen molar-refractivity contribution in [2.45, 2.75) is 34.1 Å². The van der Waals surface area contributed by atoms with Gasteiger partial charge in [-0.2, -0.15) is 0 Å². The number of aryl methyl sites for hydroxylation is 3. The molecule has 0 aliphatic carbocycles. The number of benzene rings is 2. The van der Waals surface area contributed by atoms with Crippen molar-refractivity contribution in [1.29, 1.82) is 0 Å². The van der Waals surface area contributed by atoms with Gasteiger partial charge in [0, 0.05) is 25.4 Å². The third kappa shape index (κ3) is 4.57. The predicted molar refractivity (Wildman–Crippen MR) is 115 cm³/mol. The molecule has 29 heavy (non-hydrogen) atoms. The van der Waals surface area contributed by atoms with Crippen LogP contribution in [-0.4, -0.2) is 36.5 Å². The average Bonchev–Trinajstić information content (AvgIpc) is 2.93. The van der Waals surface area contributed by atoms with Crippen LogP contribution in [0.2, 0.25) is 0 Å². The molecular weight excluding hydrogens is 364 g/mol. The Kier molecular flexibility index (Phi) is 6.49. The number of ether oxygens (including phenoxy) is 1. The Bertz CT molecular complexity index is 945. The van der Waals surface area contributed by atoms with E-state index in [0.717, 1.165) is 27.9 Å². The molecule has 0 bridgehead atoms. The van der Waals surface area contributed by atoms with Gasteiger partial charge in [0.05, 0.1) is 5.57 Å². The first-order valence-corrected chi connectivity index (χ1v) is 10.0. The highest BCUT2D eigenvalue weighted by molar-refractivity contribution is 6.36. The van der Waals surface area contributed by atoms with Gasteiger partial charge < -0.3 is 10.1 Å². The van der Waals surface area contributed by atoms with E-state index in [4.69, 9.17) is 4.74 Å². The van der Waals surface area contributed by atoms with Crippen molar-refractivity contribution in [3.8, 4) is 0 Å². The summed E-state index contributed by atoms with van der Waals surface area (Å²) in [4.78, 5) is 27.6. The van der Waals surface area contributed by atoms with Crippen LogP contribution < -0.4 is 5.32 Å². The van der Waals surface area contributed by atoms with Crippen molar-refractivity contribution >= 4 is 23.1 Å². The van der Waals surface area contributed by atoms with E-state index in [2.05, 4.69) is 5.32 Å². The summed E-state index contributed by atoms with van der Waals surface area (Å²) in [6.45, 7) is 9.45. The van der Waals surface area contributed by atoms with Gasteiger partial charge >= 0.3 is 0 Å². The number of nitrogens with zero attached hydrogens (tertiary/aromatic N) is 1. The first kappa shape index (κ1) is 20.8. The molecule has 2 aromatic rings. The van der Waals surface area contributed by atoms with Crippen LogP contribution in [0.25, 0.3) is 5.57 Å². The Morgan fingerprint density at radius 3 is 2.31 bits per heavy atom. The van der Waals surface area contributed by atoms with Gasteiger partial charge in [0.15, 0.2) is 0 Å². The number of carbonyl (C=O) groups excluding carboxylic acids is 2. The molecule has 0 fully saturated rings. The normalized spacial score (nSPS) is 14.1. The molecule has 0 saturated heterocycles. The number of hydrogen-bond donors (Lipinski definition) is 1. The van der Waals surface area contributed by atoms with Crippen molar-refractivity contribution in [2.24, 2.45) is 0 Å². The molecule has 1 aliphatic rings. The summed E-state index contributed by atoms with van der Waals surface area (Å²) < 4.78 is 5.36. The lowest BCUT2D eigenvalue weighted by molar-refractivity contribution is -0.137. The molecular formula is C24H28N2O3. The number of hydrogen-bond acceptors (Lipinski definition) is 4. The Balaban J connectivity index is 1.96. The van der Waals surface area contributed by atoms with Gasteiger partial charge in [-0.25, -0.2) is 0 Å². The Hall–Kier alpha value is -2.92. The van der Waals surface area contributed by atoms with Gasteiger partial charge in [-0.05, 0) is 62.9 Å². The fourth-order valence-electron chi connectivity index (χ4n) is 3.31. The van der Waals surface area contributed by atoms with Crippen molar-refractivity contribution in [3.63, 3.8) is 0 Å². The summed E-state index contributed by atoms with van der Waals surface area (Å²) in [6, 6.07) is 13.6. The molecule has 0 spiro atoms. The minimum absolute atomic E-state index is 0.260. The third-order valence-electron chi connectivity index (χ3n) is 5.16. The maximum Gasteiger partial charge on any atom is 0.278 e. The predicted octanol–water partition coefficient (Wildman–Crippen LogP) is 4.23.